The van der Waals surface area contributed by atoms with Gasteiger partial charge in [-0.05, 0) is 23.7 Å². The molecular formula is C11H10N2OS2. The van der Waals surface area contributed by atoms with Crippen molar-refractivity contribution in [2.75, 3.05) is 0 Å². The molecule has 0 aliphatic rings. The van der Waals surface area contributed by atoms with E-state index >= 15 is 0 Å². The van der Waals surface area contributed by atoms with Crippen molar-refractivity contribution in [2.24, 2.45) is 0 Å². The Balaban J connectivity index is 2.10. The van der Waals surface area contributed by atoms with Crippen molar-refractivity contribution in [1.29, 1.82) is 0 Å². The molecule has 0 spiro atoms. The number of Topliss-reactive ketones (excluding diaryl/α,β-unsaturated/α-hetero) is 1. The van der Waals surface area contributed by atoms with E-state index in [1.165, 1.54) is 11.5 Å². The molecule has 2 rings (SSSR count). The highest BCUT2D eigenvalue weighted by Crippen LogP contribution is 2.28. The Labute approximate surface area is 102 Å². The Morgan fingerprint density at radius 1 is 1.38 bits per heavy atom. The van der Waals surface area contributed by atoms with Crippen LogP contribution in [0.25, 0.3) is 0 Å². The number of hydrogen-bond acceptors (Lipinski definition) is 5. The van der Waals surface area contributed by atoms with Gasteiger partial charge < -0.3 is 0 Å². The summed E-state index contributed by atoms with van der Waals surface area (Å²) in [7, 11) is 0. The van der Waals surface area contributed by atoms with Crippen molar-refractivity contribution in [3.05, 3.63) is 36.2 Å². The zero-order valence-electron chi connectivity index (χ0n) is 8.71. The van der Waals surface area contributed by atoms with Gasteiger partial charge in [0.2, 0.25) is 0 Å². The van der Waals surface area contributed by atoms with Crippen LogP contribution in [-0.2, 0) is 0 Å². The third-order valence-corrected chi connectivity index (χ3v) is 3.77. The Kier molecular flexibility index (Phi) is 3.69. The molecule has 2 aromatic rings. The topological polar surface area (TPSA) is 42.9 Å². The molecule has 3 nitrogen and oxygen atoms in total. The quantitative estimate of drug-likeness (QED) is 0.781. The van der Waals surface area contributed by atoms with Gasteiger partial charge in [0, 0.05) is 16.9 Å². The number of nitrogens with zero attached hydrogens (tertiary/aromatic N) is 2. The second-order valence-electron chi connectivity index (χ2n) is 3.11. The first-order valence-electron chi connectivity index (χ1n) is 4.87. The van der Waals surface area contributed by atoms with Gasteiger partial charge in [0.15, 0.2) is 10.1 Å². The van der Waals surface area contributed by atoms with E-state index in [0.29, 0.717) is 6.42 Å². The van der Waals surface area contributed by atoms with Gasteiger partial charge in [0.05, 0.1) is 0 Å². The third kappa shape index (κ3) is 2.68. The molecule has 0 aliphatic heterocycles. The van der Waals surface area contributed by atoms with Gasteiger partial charge >= 0.3 is 0 Å². The van der Waals surface area contributed by atoms with Crippen LogP contribution in [0.3, 0.4) is 0 Å². The average Bonchev–Trinajstić information content (AvgIpc) is 2.82. The van der Waals surface area contributed by atoms with Gasteiger partial charge in [-0.15, -0.1) is 0 Å². The third-order valence-electron chi connectivity index (χ3n) is 2.04. The van der Waals surface area contributed by atoms with Crippen LogP contribution in [-0.4, -0.2) is 15.1 Å². The lowest BCUT2D eigenvalue weighted by atomic mass is 10.1. The lowest BCUT2D eigenvalue weighted by Gasteiger charge is -2.00. The maximum absolute atomic E-state index is 11.4. The average molecular weight is 250 g/mol. The Bertz CT molecular complexity index is 465. The Morgan fingerprint density at radius 3 is 2.69 bits per heavy atom. The normalized spacial score (nSPS) is 10.3. The number of aromatic nitrogens is 2. The first-order valence-corrected chi connectivity index (χ1v) is 6.46. The van der Waals surface area contributed by atoms with Crippen molar-refractivity contribution >= 4 is 29.1 Å². The minimum atomic E-state index is 0.174. The summed E-state index contributed by atoms with van der Waals surface area (Å²) in [6.45, 7) is 1.87. The minimum absolute atomic E-state index is 0.174. The Morgan fingerprint density at radius 2 is 2.12 bits per heavy atom. The smallest absolute Gasteiger partial charge is 0.174 e. The van der Waals surface area contributed by atoms with Gasteiger partial charge in [-0.25, -0.2) is 4.98 Å². The van der Waals surface area contributed by atoms with Crippen LogP contribution in [0.4, 0.5) is 0 Å². The van der Waals surface area contributed by atoms with Crippen molar-refractivity contribution in [1.82, 2.24) is 9.36 Å². The summed E-state index contributed by atoms with van der Waals surface area (Å²) in [5, 5.41) is 0. The highest BCUT2D eigenvalue weighted by atomic mass is 32.2. The number of carbonyl (C=O) groups excluding carboxylic acids is 1. The summed E-state index contributed by atoms with van der Waals surface area (Å²) in [6.07, 6.45) is 2.09. The number of rotatable bonds is 4. The van der Waals surface area contributed by atoms with Gasteiger partial charge in [-0.1, -0.05) is 30.8 Å². The summed E-state index contributed by atoms with van der Waals surface area (Å²) < 4.78 is 4.84. The highest BCUT2D eigenvalue weighted by molar-refractivity contribution is 8.01. The van der Waals surface area contributed by atoms with E-state index in [4.69, 9.17) is 0 Å². The molecule has 0 saturated heterocycles. The fourth-order valence-electron chi connectivity index (χ4n) is 1.22. The summed E-state index contributed by atoms with van der Waals surface area (Å²) in [5.74, 6) is 0.174. The van der Waals surface area contributed by atoms with Gasteiger partial charge in [0.1, 0.15) is 6.33 Å². The van der Waals surface area contributed by atoms with E-state index in [1.807, 2.05) is 31.2 Å². The van der Waals surface area contributed by atoms with E-state index in [9.17, 15) is 4.79 Å². The predicted octanol–water partition coefficient (Wildman–Crippen LogP) is 3.28. The van der Waals surface area contributed by atoms with Gasteiger partial charge in [-0.2, -0.15) is 4.37 Å². The second kappa shape index (κ2) is 5.23. The molecule has 1 aromatic carbocycles. The lowest BCUT2D eigenvalue weighted by Crippen LogP contribution is -1.95. The summed E-state index contributed by atoms with van der Waals surface area (Å²) in [6, 6.07) is 7.59. The van der Waals surface area contributed by atoms with E-state index in [1.54, 1.807) is 18.1 Å². The fourth-order valence-corrected chi connectivity index (χ4v) is 2.64. The van der Waals surface area contributed by atoms with Crippen molar-refractivity contribution in [3.63, 3.8) is 0 Å². The standard InChI is InChI=1S/C11H10N2OS2/c1-2-10(14)8-3-5-9(6-4-8)15-11-12-7-13-16-11/h3-7H,2H2,1H3. The lowest BCUT2D eigenvalue weighted by molar-refractivity contribution is 0.0988. The SMILES string of the molecule is CCC(=O)c1ccc(Sc2ncns2)cc1. The second-order valence-corrected chi connectivity index (χ2v) is 5.21. The molecule has 0 atom stereocenters. The first kappa shape index (κ1) is 11.3. The molecule has 0 fully saturated rings. The molecule has 16 heavy (non-hydrogen) atoms. The van der Waals surface area contributed by atoms with E-state index in [0.717, 1.165) is 14.8 Å². The maximum Gasteiger partial charge on any atom is 0.174 e. The van der Waals surface area contributed by atoms with E-state index in [-0.39, 0.29) is 5.78 Å². The first-order chi connectivity index (χ1) is 7.79. The fraction of sp³-hybridized carbons (Fsp3) is 0.182. The largest absolute Gasteiger partial charge is 0.294 e. The van der Waals surface area contributed by atoms with Crippen LogP contribution >= 0.6 is 23.3 Å². The zero-order valence-corrected chi connectivity index (χ0v) is 10.3. The van der Waals surface area contributed by atoms with Crippen molar-refractivity contribution in [3.8, 4) is 0 Å². The monoisotopic (exact) mass is 250 g/mol. The van der Waals surface area contributed by atoms with Crippen molar-refractivity contribution in [2.45, 2.75) is 22.6 Å². The Hall–Kier alpha value is -1.20. The van der Waals surface area contributed by atoms with Gasteiger partial charge in [0.25, 0.3) is 0 Å². The molecular weight excluding hydrogens is 240 g/mol. The molecule has 0 aliphatic carbocycles. The van der Waals surface area contributed by atoms with Gasteiger partial charge in [-0.3, -0.25) is 4.79 Å². The highest BCUT2D eigenvalue weighted by Gasteiger charge is 2.04. The molecule has 0 bridgehead atoms. The molecule has 0 amide bonds. The maximum atomic E-state index is 11.4. The van der Waals surface area contributed by atoms with Crippen LogP contribution in [0.1, 0.15) is 23.7 Å². The molecule has 0 radical (unpaired) electrons. The van der Waals surface area contributed by atoms with Crippen molar-refractivity contribution < 1.29 is 4.79 Å². The molecule has 0 saturated carbocycles. The van der Waals surface area contributed by atoms with Crippen LogP contribution in [0, 0.1) is 0 Å². The molecule has 5 heteroatoms. The van der Waals surface area contributed by atoms with E-state index < -0.39 is 0 Å². The van der Waals surface area contributed by atoms with Crippen LogP contribution in [0.2, 0.25) is 0 Å². The zero-order chi connectivity index (χ0) is 11.4. The van der Waals surface area contributed by atoms with Crippen LogP contribution in [0.5, 0.6) is 0 Å². The summed E-state index contributed by atoms with van der Waals surface area (Å²) in [4.78, 5) is 16.6. The summed E-state index contributed by atoms with van der Waals surface area (Å²) >= 11 is 2.92. The number of ketones is 1. The minimum Gasteiger partial charge on any atom is -0.294 e. The van der Waals surface area contributed by atoms with Crippen LogP contribution < -0.4 is 0 Å². The van der Waals surface area contributed by atoms with E-state index in [2.05, 4.69) is 9.36 Å². The molecule has 82 valence electrons. The number of benzene rings is 1. The molecule has 1 heterocycles. The number of carbonyl (C=O) groups is 1. The molecule has 0 N–H and O–H groups in total. The molecule has 0 unspecified atom stereocenters. The predicted molar refractivity (Wildman–Crippen MR) is 65.1 cm³/mol. The van der Waals surface area contributed by atoms with Crippen LogP contribution in [0.15, 0.2) is 39.8 Å². The number of hydrogen-bond donors (Lipinski definition) is 0. The summed E-state index contributed by atoms with van der Waals surface area (Å²) in [5.41, 5.74) is 0.768. The molecule has 1 aromatic heterocycles.